The van der Waals surface area contributed by atoms with E-state index >= 15 is 0 Å². The van der Waals surface area contributed by atoms with Gasteiger partial charge in [0.15, 0.2) is 0 Å². The molecule has 0 radical (unpaired) electrons. The fourth-order valence-corrected chi connectivity index (χ4v) is 1.93. The average Bonchev–Trinajstić information content (AvgIpc) is 2.04. The number of hydrazine groups is 1. The highest BCUT2D eigenvalue weighted by Gasteiger charge is 2.10. The molecule has 0 saturated carbocycles. The zero-order chi connectivity index (χ0) is 7.68. The van der Waals surface area contributed by atoms with Crippen LogP contribution in [0.25, 0.3) is 0 Å². The number of benzene rings is 1. The standard InChI is InChI=1S/C8H10N2S/c1-10-6-11-8-5-3-2-4-7(8)9-10/h2-5,9H,6H2,1H3. The fraction of sp³-hybridized carbons (Fsp3) is 0.250. The number of nitrogens with zero attached hydrogens (tertiary/aromatic N) is 1. The predicted octanol–water partition coefficient (Wildman–Crippen LogP) is 2.01. The molecule has 2 nitrogen and oxygen atoms in total. The summed E-state index contributed by atoms with van der Waals surface area (Å²) in [5.74, 6) is 1.01. The molecular weight excluding hydrogens is 156 g/mol. The summed E-state index contributed by atoms with van der Waals surface area (Å²) >= 11 is 1.86. The largest absolute Gasteiger partial charge is 0.317 e. The molecule has 0 atom stereocenters. The third-order valence-corrected chi connectivity index (χ3v) is 2.80. The Morgan fingerprint density at radius 1 is 1.45 bits per heavy atom. The third kappa shape index (κ3) is 1.34. The van der Waals surface area contributed by atoms with E-state index in [0.29, 0.717) is 0 Å². The summed E-state index contributed by atoms with van der Waals surface area (Å²) in [6.07, 6.45) is 0. The molecule has 1 aromatic rings. The van der Waals surface area contributed by atoms with Gasteiger partial charge in [0, 0.05) is 11.9 Å². The Balaban J connectivity index is 2.34. The lowest BCUT2D eigenvalue weighted by Crippen LogP contribution is -2.27. The van der Waals surface area contributed by atoms with E-state index in [1.54, 1.807) is 0 Å². The summed E-state index contributed by atoms with van der Waals surface area (Å²) in [5.41, 5.74) is 4.49. The van der Waals surface area contributed by atoms with E-state index in [1.165, 1.54) is 10.6 Å². The monoisotopic (exact) mass is 166 g/mol. The smallest absolute Gasteiger partial charge is 0.0679 e. The molecule has 0 spiro atoms. The molecule has 1 aliphatic rings. The molecule has 1 aromatic carbocycles. The van der Waals surface area contributed by atoms with Crippen LogP contribution < -0.4 is 5.43 Å². The van der Waals surface area contributed by atoms with Crippen LogP contribution in [0.15, 0.2) is 29.2 Å². The zero-order valence-electron chi connectivity index (χ0n) is 6.37. The molecule has 0 aliphatic carbocycles. The van der Waals surface area contributed by atoms with Gasteiger partial charge in [0.25, 0.3) is 0 Å². The number of thioether (sulfide) groups is 1. The van der Waals surface area contributed by atoms with Gasteiger partial charge in [0.2, 0.25) is 0 Å². The van der Waals surface area contributed by atoms with E-state index in [-0.39, 0.29) is 0 Å². The van der Waals surface area contributed by atoms with E-state index in [1.807, 2.05) is 24.9 Å². The van der Waals surface area contributed by atoms with Crippen LogP contribution in [0.3, 0.4) is 0 Å². The maximum absolute atomic E-state index is 3.27. The highest BCUT2D eigenvalue weighted by atomic mass is 32.2. The van der Waals surface area contributed by atoms with Crippen molar-refractivity contribution in [1.82, 2.24) is 5.01 Å². The Bertz CT molecular complexity index is 262. The predicted molar refractivity (Wildman–Crippen MR) is 48.6 cm³/mol. The van der Waals surface area contributed by atoms with Crippen molar-refractivity contribution in [2.45, 2.75) is 4.90 Å². The Morgan fingerprint density at radius 2 is 2.27 bits per heavy atom. The van der Waals surface area contributed by atoms with Gasteiger partial charge < -0.3 is 5.43 Å². The van der Waals surface area contributed by atoms with Gasteiger partial charge in [-0.1, -0.05) is 12.1 Å². The molecule has 0 unspecified atom stereocenters. The third-order valence-electron chi connectivity index (χ3n) is 1.61. The van der Waals surface area contributed by atoms with Gasteiger partial charge in [-0.15, -0.1) is 11.8 Å². The maximum atomic E-state index is 3.27. The van der Waals surface area contributed by atoms with Crippen LogP contribution >= 0.6 is 11.8 Å². The summed E-state index contributed by atoms with van der Waals surface area (Å²) in [6.45, 7) is 0. The van der Waals surface area contributed by atoms with E-state index in [2.05, 4.69) is 28.6 Å². The van der Waals surface area contributed by atoms with Gasteiger partial charge in [-0.2, -0.15) is 0 Å². The number of para-hydroxylation sites is 1. The molecule has 11 heavy (non-hydrogen) atoms. The quantitative estimate of drug-likeness (QED) is 0.634. The molecule has 0 bridgehead atoms. The first-order valence-corrected chi connectivity index (χ1v) is 4.54. The first kappa shape index (κ1) is 7.00. The summed E-state index contributed by atoms with van der Waals surface area (Å²) in [4.78, 5) is 1.34. The van der Waals surface area contributed by atoms with Gasteiger partial charge in [0.1, 0.15) is 0 Å². The molecule has 3 heteroatoms. The van der Waals surface area contributed by atoms with E-state index in [0.717, 1.165) is 5.88 Å². The van der Waals surface area contributed by atoms with Crippen molar-refractivity contribution in [3.05, 3.63) is 24.3 Å². The van der Waals surface area contributed by atoms with Gasteiger partial charge in [-0.25, -0.2) is 5.01 Å². The minimum absolute atomic E-state index is 1.01. The molecule has 0 amide bonds. The Kier molecular flexibility index (Phi) is 1.75. The van der Waals surface area contributed by atoms with Crippen molar-refractivity contribution in [3.63, 3.8) is 0 Å². The number of hydrogen-bond acceptors (Lipinski definition) is 3. The summed E-state index contributed by atoms with van der Waals surface area (Å²) < 4.78 is 0. The summed E-state index contributed by atoms with van der Waals surface area (Å²) in [6, 6.07) is 8.35. The van der Waals surface area contributed by atoms with Crippen LogP contribution in [0.2, 0.25) is 0 Å². The van der Waals surface area contributed by atoms with Crippen LogP contribution in [-0.4, -0.2) is 17.9 Å². The van der Waals surface area contributed by atoms with Gasteiger partial charge in [-0.05, 0) is 12.1 Å². The number of rotatable bonds is 0. The number of hydrogen-bond donors (Lipinski definition) is 1. The maximum Gasteiger partial charge on any atom is 0.0679 e. The van der Waals surface area contributed by atoms with Crippen LogP contribution in [0, 0.1) is 0 Å². The normalized spacial score (nSPS) is 17.2. The highest BCUT2D eigenvalue weighted by molar-refractivity contribution is 7.99. The minimum Gasteiger partial charge on any atom is -0.317 e. The first-order chi connectivity index (χ1) is 5.36. The second-order valence-electron chi connectivity index (χ2n) is 2.58. The minimum atomic E-state index is 1.01. The first-order valence-electron chi connectivity index (χ1n) is 3.56. The van der Waals surface area contributed by atoms with E-state index in [4.69, 9.17) is 0 Å². The molecule has 1 heterocycles. The van der Waals surface area contributed by atoms with Crippen LogP contribution in [0.5, 0.6) is 0 Å². The Morgan fingerprint density at radius 3 is 3.18 bits per heavy atom. The van der Waals surface area contributed by atoms with Crippen LogP contribution in [0.4, 0.5) is 5.69 Å². The molecule has 0 saturated heterocycles. The molecule has 0 fully saturated rings. The SMILES string of the molecule is CN1CSc2ccccc2N1. The lowest BCUT2D eigenvalue weighted by molar-refractivity contribution is 0.469. The zero-order valence-corrected chi connectivity index (χ0v) is 7.19. The van der Waals surface area contributed by atoms with Gasteiger partial charge in [-0.3, -0.25) is 0 Å². The van der Waals surface area contributed by atoms with E-state index in [9.17, 15) is 0 Å². The molecule has 1 N–H and O–H groups in total. The topological polar surface area (TPSA) is 15.3 Å². The van der Waals surface area contributed by atoms with Crippen molar-refractivity contribution < 1.29 is 0 Å². The van der Waals surface area contributed by atoms with Crippen molar-refractivity contribution in [2.24, 2.45) is 0 Å². The Hall–Kier alpha value is -0.670. The molecule has 58 valence electrons. The van der Waals surface area contributed by atoms with Gasteiger partial charge in [0.05, 0.1) is 11.6 Å². The van der Waals surface area contributed by atoms with Crippen molar-refractivity contribution in [3.8, 4) is 0 Å². The molecule has 0 aromatic heterocycles. The van der Waals surface area contributed by atoms with Crippen molar-refractivity contribution in [2.75, 3.05) is 18.4 Å². The van der Waals surface area contributed by atoms with Gasteiger partial charge >= 0.3 is 0 Å². The number of nitrogens with one attached hydrogen (secondary N) is 1. The lowest BCUT2D eigenvalue weighted by atomic mass is 10.3. The van der Waals surface area contributed by atoms with Crippen molar-refractivity contribution >= 4 is 17.4 Å². The van der Waals surface area contributed by atoms with Crippen LogP contribution in [0.1, 0.15) is 0 Å². The lowest BCUT2D eigenvalue weighted by Gasteiger charge is -2.25. The second kappa shape index (κ2) is 2.75. The number of fused-ring (bicyclic) bond motifs is 1. The molecule has 1 aliphatic heterocycles. The molecule has 2 rings (SSSR count). The van der Waals surface area contributed by atoms with Crippen LogP contribution in [-0.2, 0) is 0 Å². The number of anilines is 1. The average molecular weight is 166 g/mol. The molecular formula is C8H10N2S. The van der Waals surface area contributed by atoms with Crippen molar-refractivity contribution in [1.29, 1.82) is 0 Å². The Labute approximate surface area is 70.6 Å². The summed E-state index contributed by atoms with van der Waals surface area (Å²) in [5, 5.41) is 2.08. The van der Waals surface area contributed by atoms with E-state index < -0.39 is 0 Å². The highest BCUT2D eigenvalue weighted by Crippen LogP contribution is 2.30. The second-order valence-corrected chi connectivity index (χ2v) is 3.57. The summed E-state index contributed by atoms with van der Waals surface area (Å²) in [7, 11) is 2.04. The fourth-order valence-electron chi connectivity index (χ4n) is 1.09.